The SMILES string of the molecule is CCN1CCN(C(c2nnnn2CS(=O)(=O)c2ccc(C)cc2)C(C)C)CC1. The first kappa shape index (κ1) is 20.9. The van der Waals surface area contributed by atoms with Crippen molar-refractivity contribution >= 4 is 9.84 Å². The van der Waals surface area contributed by atoms with E-state index in [1.54, 1.807) is 24.3 Å². The fourth-order valence-corrected chi connectivity index (χ4v) is 4.94. The topological polar surface area (TPSA) is 84.2 Å². The number of tetrazole rings is 1. The molecule has 3 rings (SSSR count). The molecule has 28 heavy (non-hydrogen) atoms. The summed E-state index contributed by atoms with van der Waals surface area (Å²) < 4.78 is 27.2. The van der Waals surface area contributed by atoms with E-state index in [-0.39, 0.29) is 22.7 Å². The van der Waals surface area contributed by atoms with Gasteiger partial charge in [0.15, 0.2) is 21.5 Å². The molecule has 1 unspecified atom stereocenters. The average Bonchev–Trinajstić information content (AvgIpc) is 3.09. The second kappa shape index (κ2) is 8.67. The fourth-order valence-electron chi connectivity index (χ4n) is 3.74. The lowest BCUT2D eigenvalue weighted by Gasteiger charge is -2.39. The molecule has 0 saturated carbocycles. The molecule has 1 aliphatic rings. The zero-order chi connectivity index (χ0) is 20.3. The Morgan fingerprint density at radius 1 is 1.07 bits per heavy atom. The largest absolute Gasteiger partial charge is 0.301 e. The zero-order valence-corrected chi connectivity index (χ0v) is 17.9. The van der Waals surface area contributed by atoms with E-state index in [2.05, 4.69) is 46.1 Å². The van der Waals surface area contributed by atoms with Crippen molar-refractivity contribution in [3.05, 3.63) is 35.7 Å². The molecule has 8 nitrogen and oxygen atoms in total. The summed E-state index contributed by atoms with van der Waals surface area (Å²) in [6.07, 6.45) is 0. The smallest absolute Gasteiger partial charge is 0.198 e. The van der Waals surface area contributed by atoms with Gasteiger partial charge in [-0.2, -0.15) is 0 Å². The number of aromatic nitrogens is 4. The van der Waals surface area contributed by atoms with Gasteiger partial charge < -0.3 is 4.90 Å². The predicted molar refractivity (Wildman–Crippen MR) is 107 cm³/mol. The van der Waals surface area contributed by atoms with E-state index < -0.39 is 9.84 Å². The van der Waals surface area contributed by atoms with Crippen LogP contribution in [-0.2, 0) is 15.7 Å². The van der Waals surface area contributed by atoms with Crippen molar-refractivity contribution in [2.45, 2.75) is 44.5 Å². The molecule has 2 heterocycles. The molecule has 1 saturated heterocycles. The Kier molecular flexibility index (Phi) is 6.47. The van der Waals surface area contributed by atoms with Crippen molar-refractivity contribution in [3.8, 4) is 0 Å². The van der Waals surface area contributed by atoms with Crippen LogP contribution < -0.4 is 0 Å². The number of sulfone groups is 1. The quantitative estimate of drug-likeness (QED) is 0.692. The van der Waals surface area contributed by atoms with Crippen molar-refractivity contribution in [1.29, 1.82) is 0 Å². The highest BCUT2D eigenvalue weighted by Crippen LogP contribution is 2.28. The van der Waals surface area contributed by atoms with Crippen LogP contribution in [0.1, 0.15) is 38.2 Å². The third-order valence-corrected chi connectivity index (χ3v) is 6.95. The van der Waals surface area contributed by atoms with Gasteiger partial charge in [-0.15, -0.1) is 5.10 Å². The van der Waals surface area contributed by atoms with Crippen LogP contribution in [0.4, 0.5) is 0 Å². The molecule has 0 radical (unpaired) electrons. The summed E-state index contributed by atoms with van der Waals surface area (Å²) in [7, 11) is -3.53. The summed E-state index contributed by atoms with van der Waals surface area (Å²) in [6.45, 7) is 13.3. The molecule has 1 aliphatic heterocycles. The Labute approximate surface area is 167 Å². The van der Waals surface area contributed by atoms with Crippen LogP contribution in [-0.4, -0.2) is 71.1 Å². The van der Waals surface area contributed by atoms with Crippen LogP contribution in [0.2, 0.25) is 0 Å². The maximum Gasteiger partial charge on any atom is 0.198 e. The summed E-state index contributed by atoms with van der Waals surface area (Å²) in [4.78, 5) is 5.08. The van der Waals surface area contributed by atoms with Crippen LogP contribution in [0, 0.1) is 12.8 Å². The summed E-state index contributed by atoms with van der Waals surface area (Å²) in [5, 5.41) is 12.0. The normalized spacial score (nSPS) is 17.9. The highest BCUT2D eigenvalue weighted by Gasteiger charge is 2.32. The van der Waals surface area contributed by atoms with Crippen LogP contribution in [0.3, 0.4) is 0 Å². The monoisotopic (exact) mass is 406 g/mol. The lowest BCUT2D eigenvalue weighted by Crippen LogP contribution is -2.49. The van der Waals surface area contributed by atoms with Gasteiger partial charge in [0.05, 0.1) is 10.9 Å². The van der Waals surface area contributed by atoms with E-state index in [0.29, 0.717) is 5.82 Å². The summed E-state index contributed by atoms with van der Waals surface area (Å²) >= 11 is 0. The Morgan fingerprint density at radius 2 is 1.71 bits per heavy atom. The molecule has 0 amide bonds. The standard InChI is InChI=1S/C19H30N6O2S/c1-5-23-10-12-24(13-11-23)18(15(2)3)19-20-21-22-25(19)14-28(26,27)17-8-6-16(4)7-9-17/h6-9,15,18H,5,10-14H2,1-4H3. The highest BCUT2D eigenvalue weighted by molar-refractivity contribution is 7.90. The fraction of sp³-hybridized carbons (Fsp3) is 0.632. The van der Waals surface area contributed by atoms with Crippen LogP contribution >= 0.6 is 0 Å². The third-order valence-electron chi connectivity index (χ3n) is 5.38. The van der Waals surface area contributed by atoms with E-state index in [9.17, 15) is 8.42 Å². The molecule has 1 fully saturated rings. The minimum Gasteiger partial charge on any atom is -0.301 e. The number of piperazine rings is 1. The van der Waals surface area contributed by atoms with Gasteiger partial charge in [-0.05, 0) is 41.9 Å². The average molecular weight is 407 g/mol. The predicted octanol–water partition coefficient (Wildman–Crippen LogP) is 1.75. The maximum atomic E-state index is 12.9. The summed E-state index contributed by atoms with van der Waals surface area (Å²) in [5.74, 6) is 0.631. The second-order valence-corrected chi connectivity index (χ2v) is 9.71. The van der Waals surface area contributed by atoms with Crippen LogP contribution in [0.5, 0.6) is 0 Å². The number of benzene rings is 1. The second-order valence-electron chi connectivity index (χ2n) is 7.75. The molecule has 2 aromatic rings. The number of aryl methyl sites for hydroxylation is 1. The van der Waals surface area contributed by atoms with Gasteiger partial charge in [-0.3, -0.25) is 4.90 Å². The van der Waals surface area contributed by atoms with Crippen molar-refractivity contribution < 1.29 is 8.42 Å². The number of nitrogens with zero attached hydrogens (tertiary/aromatic N) is 6. The molecule has 9 heteroatoms. The first-order valence-corrected chi connectivity index (χ1v) is 11.5. The van der Waals surface area contributed by atoms with E-state index >= 15 is 0 Å². The van der Waals surface area contributed by atoms with Gasteiger partial charge in [0, 0.05) is 26.2 Å². The molecular weight excluding hydrogens is 376 g/mol. The van der Waals surface area contributed by atoms with Gasteiger partial charge in [0.1, 0.15) is 0 Å². The van der Waals surface area contributed by atoms with E-state index in [1.165, 1.54) is 4.68 Å². The first-order valence-electron chi connectivity index (χ1n) is 9.83. The number of rotatable bonds is 7. The molecule has 0 N–H and O–H groups in total. The van der Waals surface area contributed by atoms with Gasteiger partial charge in [-0.1, -0.05) is 38.5 Å². The minimum atomic E-state index is -3.53. The van der Waals surface area contributed by atoms with Crippen molar-refractivity contribution in [2.24, 2.45) is 5.92 Å². The van der Waals surface area contributed by atoms with Crippen molar-refractivity contribution in [2.75, 3.05) is 32.7 Å². The van der Waals surface area contributed by atoms with E-state index in [1.807, 2.05) is 6.92 Å². The van der Waals surface area contributed by atoms with Gasteiger partial charge >= 0.3 is 0 Å². The molecule has 1 aromatic carbocycles. The summed E-state index contributed by atoms with van der Waals surface area (Å²) in [6, 6.07) is 6.87. The lowest BCUT2D eigenvalue weighted by atomic mass is 10.0. The Balaban J connectivity index is 1.84. The molecule has 0 spiro atoms. The molecule has 0 bridgehead atoms. The van der Waals surface area contributed by atoms with Crippen LogP contribution in [0.15, 0.2) is 29.2 Å². The van der Waals surface area contributed by atoms with Crippen molar-refractivity contribution in [1.82, 2.24) is 30.0 Å². The maximum absolute atomic E-state index is 12.9. The molecular formula is C19H30N6O2S. The Bertz CT molecular complexity index is 870. The number of hydrogen-bond donors (Lipinski definition) is 0. The van der Waals surface area contributed by atoms with Crippen molar-refractivity contribution in [3.63, 3.8) is 0 Å². The minimum absolute atomic E-state index is 0.0118. The highest BCUT2D eigenvalue weighted by atomic mass is 32.2. The van der Waals surface area contributed by atoms with Gasteiger partial charge in [-0.25, -0.2) is 13.1 Å². The molecule has 1 atom stereocenters. The Morgan fingerprint density at radius 3 is 2.29 bits per heavy atom. The molecule has 1 aromatic heterocycles. The number of hydrogen-bond acceptors (Lipinski definition) is 7. The van der Waals surface area contributed by atoms with Crippen LogP contribution in [0.25, 0.3) is 0 Å². The van der Waals surface area contributed by atoms with Gasteiger partial charge in [0.25, 0.3) is 0 Å². The molecule has 0 aliphatic carbocycles. The van der Waals surface area contributed by atoms with E-state index in [0.717, 1.165) is 38.3 Å². The Hall–Kier alpha value is -1.84. The lowest BCUT2D eigenvalue weighted by molar-refractivity contribution is 0.0724. The summed E-state index contributed by atoms with van der Waals surface area (Å²) in [5.41, 5.74) is 1.02. The molecule has 154 valence electrons. The van der Waals surface area contributed by atoms with E-state index in [4.69, 9.17) is 0 Å². The van der Waals surface area contributed by atoms with Gasteiger partial charge in [0.2, 0.25) is 0 Å². The zero-order valence-electron chi connectivity index (χ0n) is 17.1. The third kappa shape index (κ3) is 4.59. The first-order chi connectivity index (χ1) is 13.3. The number of likely N-dealkylation sites (N-methyl/N-ethyl adjacent to an activating group) is 1.